The number of amides is 7. The number of urea groups is 1. The molecule has 3 aromatic carbocycles. The molecule has 0 spiro atoms. The Morgan fingerprint density at radius 1 is 0.702 bits per heavy atom. The number of fused-ring (bicyclic) bond motifs is 3. The van der Waals surface area contributed by atoms with Crippen LogP contribution in [0, 0.1) is 5.92 Å². The number of benzene rings is 3. The van der Waals surface area contributed by atoms with Crippen LogP contribution in [0.4, 0.5) is 20.1 Å². The molecule has 306 valence electrons. The molecule has 57 heavy (non-hydrogen) atoms. The van der Waals surface area contributed by atoms with Gasteiger partial charge in [0.25, 0.3) is 0 Å². The minimum atomic E-state index is -1.00. The number of alkyl carbamates (subject to hydrolysis) is 2. The minimum Gasteiger partial charge on any atom is -0.449 e. The fraction of sp³-hybridized carbons (Fsp3) is 0.415. The van der Waals surface area contributed by atoms with Crippen molar-refractivity contribution in [2.45, 2.75) is 77.0 Å². The second kappa shape index (κ2) is 22.4. The molecular formula is C41H54N8O8. The molecule has 3 aromatic rings. The summed E-state index contributed by atoms with van der Waals surface area (Å²) in [5.41, 5.74) is 16.1. The summed E-state index contributed by atoms with van der Waals surface area (Å²) in [5.74, 6) is -1.67. The summed E-state index contributed by atoms with van der Waals surface area (Å²) in [6.45, 7) is 4.32. The van der Waals surface area contributed by atoms with Crippen molar-refractivity contribution in [1.29, 1.82) is 0 Å². The van der Waals surface area contributed by atoms with Gasteiger partial charge in [0.1, 0.15) is 25.3 Å². The molecule has 1 aliphatic rings. The van der Waals surface area contributed by atoms with Gasteiger partial charge >= 0.3 is 18.2 Å². The van der Waals surface area contributed by atoms with E-state index in [2.05, 4.69) is 56.2 Å². The molecule has 16 heteroatoms. The number of anilines is 1. The van der Waals surface area contributed by atoms with Crippen molar-refractivity contribution in [1.82, 2.24) is 26.6 Å². The van der Waals surface area contributed by atoms with Crippen LogP contribution in [0.3, 0.4) is 0 Å². The maximum absolute atomic E-state index is 13.5. The maximum atomic E-state index is 13.5. The van der Waals surface area contributed by atoms with Gasteiger partial charge in [0.2, 0.25) is 17.7 Å². The smallest absolute Gasteiger partial charge is 0.408 e. The molecule has 0 fully saturated rings. The molecule has 0 saturated heterocycles. The molecule has 1 aliphatic carbocycles. The van der Waals surface area contributed by atoms with Gasteiger partial charge in [-0.2, -0.15) is 0 Å². The molecule has 2 atom stereocenters. The molecule has 0 heterocycles. The number of hydrogen-bond donors (Lipinski definition) is 8. The lowest BCUT2D eigenvalue weighted by molar-refractivity contribution is -0.132. The first kappa shape index (κ1) is 43.6. The maximum Gasteiger partial charge on any atom is 0.408 e. The third-order valence-corrected chi connectivity index (χ3v) is 9.40. The van der Waals surface area contributed by atoms with Gasteiger partial charge in [-0.3, -0.25) is 14.4 Å². The van der Waals surface area contributed by atoms with E-state index in [1.165, 1.54) is 0 Å². The number of carbonyl (C=O) groups is 6. The molecule has 0 unspecified atom stereocenters. The predicted molar refractivity (Wildman–Crippen MR) is 215 cm³/mol. The number of nitrogens with two attached hydrogens (primary N) is 2. The number of primary amides is 1. The van der Waals surface area contributed by atoms with Crippen LogP contribution in [0.25, 0.3) is 11.1 Å². The van der Waals surface area contributed by atoms with Gasteiger partial charge < -0.3 is 52.8 Å². The van der Waals surface area contributed by atoms with E-state index >= 15 is 0 Å². The van der Waals surface area contributed by atoms with Crippen LogP contribution in [0.5, 0.6) is 0 Å². The monoisotopic (exact) mass is 786 g/mol. The molecule has 0 aromatic heterocycles. The summed E-state index contributed by atoms with van der Waals surface area (Å²) in [7, 11) is 0. The van der Waals surface area contributed by atoms with Gasteiger partial charge in [-0.15, -0.1) is 0 Å². The zero-order valence-electron chi connectivity index (χ0n) is 32.4. The topological polar surface area (TPSA) is 245 Å². The highest BCUT2D eigenvalue weighted by Crippen LogP contribution is 2.44. The van der Waals surface area contributed by atoms with E-state index in [-0.39, 0.29) is 57.0 Å². The average Bonchev–Trinajstić information content (AvgIpc) is 3.51. The normalized spacial score (nSPS) is 12.6. The summed E-state index contributed by atoms with van der Waals surface area (Å²) >= 11 is 0. The first-order chi connectivity index (χ1) is 27.5. The first-order valence-corrected chi connectivity index (χ1v) is 19.2. The fourth-order valence-electron chi connectivity index (χ4n) is 6.45. The summed E-state index contributed by atoms with van der Waals surface area (Å²) in [4.78, 5) is 74.9. The van der Waals surface area contributed by atoms with E-state index in [1.807, 2.05) is 24.3 Å². The lowest BCUT2D eigenvalue weighted by atomic mass is 9.98. The van der Waals surface area contributed by atoms with Crippen LogP contribution in [0.2, 0.25) is 0 Å². The van der Waals surface area contributed by atoms with Gasteiger partial charge in [-0.1, -0.05) is 80.9 Å². The Morgan fingerprint density at radius 2 is 1.33 bits per heavy atom. The Bertz CT molecular complexity index is 1790. The SMILES string of the molecule is CC(C)[C@H](NC(=O)CCCCCNC(=O)OCC1c2ccccc2-c2ccccc21)C(=O)N[C@@H](CCCNC(N)=O)C(=O)Nc1ccc(COC(=O)NCN)cc1. The van der Waals surface area contributed by atoms with Crippen LogP contribution < -0.4 is 43.4 Å². The van der Waals surface area contributed by atoms with Gasteiger partial charge in [0.05, 0.1) is 6.67 Å². The molecule has 0 radical (unpaired) electrons. The van der Waals surface area contributed by atoms with Crippen LogP contribution >= 0.6 is 0 Å². The van der Waals surface area contributed by atoms with Gasteiger partial charge in [0.15, 0.2) is 0 Å². The number of unbranched alkanes of at least 4 members (excludes halogenated alkanes) is 2. The van der Waals surface area contributed by atoms with Crippen molar-refractivity contribution < 1.29 is 38.2 Å². The van der Waals surface area contributed by atoms with Crippen LogP contribution in [-0.2, 0) is 30.5 Å². The highest BCUT2D eigenvalue weighted by molar-refractivity contribution is 5.98. The molecule has 0 bridgehead atoms. The van der Waals surface area contributed by atoms with Gasteiger partial charge in [-0.25, -0.2) is 14.4 Å². The molecule has 10 N–H and O–H groups in total. The number of rotatable bonds is 21. The van der Waals surface area contributed by atoms with Crippen molar-refractivity contribution >= 4 is 41.6 Å². The first-order valence-electron chi connectivity index (χ1n) is 19.2. The standard InChI is InChI=1S/C41H54N8O8/c1-26(2)36(38(52)48-34(15-10-22-44-39(43)53)37(51)47-28-19-17-27(18-20-28)23-56-41(55)46-25-42)49-35(50)16-4-3-9-21-45-40(54)57-24-33-31-13-7-5-11-29(31)30-12-6-8-14-32(30)33/h5-8,11-14,17-20,26,33-34,36H,3-4,9-10,15-16,21-25,42H2,1-2H3,(H,45,54)(H,46,55)(H,47,51)(H,48,52)(H,49,50)(H3,43,44,53)/t34-,36-/m0/s1. The number of nitrogens with one attached hydrogen (secondary N) is 6. The molecule has 16 nitrogen and oxygen atoms in total. The fourth-order valence-corrected chi connectivity index (χ4v) is 6.45. The molecule has 4 rings (SSSR count). The zero-order valence-corrected chi connectivity index (χ0v) is 32.4. The minimum absolute atomic E-state index is 0.00518. The lowest BCUT2D eigenvalue weighted by Crippen LogP contribution is -2.54. The zero-order chi connectivity index (χ0) is 41.2. The molecule has 7 amide bonds. The summed E-state index contributed by atoms with van der Waals surface area (Å²) < 4.78 is 10.6. The summed E-state index contributed by atoms with van der Waals surface area (Å²) in [5, 5.41) is 15.9. The predicted octanol–water partition coefficient (Wildman–Crippen LogP) is 3.94. The summed E-state index contributed by atoms with van der Waals surface area (Å²) in [6, 6.07) is 20.2. The van der Waals surface area contributed by atoms with Crippen LogP contribution in [-0.4, -0.2) is 74.4 Å². The Hall–Kier alpha value is -6.16. The van der Waals surface area contributed by atoms with Crippen molar-refractivity contribution in [2.75, 3.05) is 31.7 Å². The largest absolute Gasteiger partial charge is 0.449 e. The van der Waals surface area contributed by atoms with Crippen LogP contribution in [0.1, 0.15) is 75.0 Å². The molecular weight excluding hydrogens is 732 g/mol. The second-order valence-corrected chi connectivity index (χ2v) is 14.0. The van der Waals surface area contributed by atoms with E-state index in [4.69, 9.17) is 20.9 Å². The van der Waals surface area contributed by atoms with Crippen LogP contribution in [0.15, 0.2) is 72.8 Å². The number of carbonyl (C=O) groups excluding carboxylic acids is 6. The van der Waals surface area contributed by atoms with Gasteiger partial charge in [0, 0.05) is 31.1 Å². The second-order valence-electron chi connectivity index (χ2n) is 14.0. The average molecular weight is 787 g/mol. The Balaban J connectivity index is 1.19. The van der Waals surface area contributed by atoms with Crippen molar-refractivity contribution in [2.24, 2.45) is 17.4 Å². The number of ether oxygens (including phenoxy) is 2. The van der Waals surface area contributed by atoms with Crippen molar-refractivity contribution in [3.8, 4) is 11.1 Å². The highest BCUT2D eigenvalue weighted by atomic mass is 16.6. The Morgan fingerprint density at radius 3 is 1.96 bits per heavy atom. The highest BCUT2D eigenvalue weighted by Gasteiger charge is 2.30. The molecule has 0 saturated carbocycles. The van der Waals surface area contributed by atoms with Crippen molar-refractivity contribution in [3.05, 3.63) is 89.5 Å². The number of hydrogen-bond acceptors (Lipinski definition) is 9. The van der Waals surface area contributed by atoms with E-state index in [9.17, 15) is 28.8 Å². The van der Waals surface area contributed by atoms with E-state index in [1.54, 1.807) is 38.1 Å². The lowest BCUT2D eigenvalue weighted by Gasteiger charge is -2.25. The third kappa shape index (κ3) is 13.8. The molecule has 0 aliphatic heterocycles. The quantitative estimate of drug-likeness (QED) is 0.0575. The Labute approximate surface area is 332 Å². The van der Waals surface area contributed by atoms with E-state index < -0.39 is 42.1 Å². The van der Waals surface area contributed by atoms with E-state index in [0.29, 0.717) is 43.5 Å². The Kier molecular flexibility index (Phi) is 17.1. The van der Waals surface area contributed by atoms with Gasteiger partial charge in [-0.05, 0) is 71.6 Å². The van der Waals surface area contributed by atoms with Crippen molar-refractivity contribution in [3.63, 3.8) is 0 Å². The third-order valence-electron chi connectivity index (χ3n) is 9.40. The summed E-state index contributed by atoms with van der Waals surface area (Å²) in [6.07, 6.45) is 1.35. The van der Waals surface area contributed by atoms with E-state index in [0.717, 1.165) is 22.3 Å².